The number of hydrogen-bond donors (Lipinski definition) is 2. The fraction of sp³-hybridized carbons (Fsp3) is 0.0714. The standard InChI is InChI=1S/C14H10F3N3O3/c15-14(16,17)10-6-2-3-7-11(10)18-19-13(21)9-5-1-4-8-12(9)20(22)23/h1-8,18H,(H,19,21). The average Bonchev–Trinajstić information content (AvgIpc) is 2.52. The van der Waals surface area contributed by atoms with Gasteiger partial charge in [0, 0.05) is 6.07 Å². The molecule has 0 aromatic heterocycles. The van der Waals surface area contributed by atoms with E-state index in [-0.39, 0.29) is 11.3 Å². The molecule has 23 heavy (non-hydrogen) atoms. The minimum absolute atomic E-state index is 0.269. The van der Waals surface area contributed by atoms with Crippen LogP contribution in [0, 0.1) is 10.1 Å². The molecule has 0 spiro atoms. The number of carbonyl (C=O) groups excluding carboxylic acids is 1. The minimum Gasteiger partial charge on any atom is -0.298 e. The first-order chi connectivity index (χ1) is 10.8. The lowest BCUT2D eigenvalue weighted by Gasteiger charge is -2.14. The van der Waals surface area contributed by atoms with Crippen molar-refractivity contribution in [3.05, 3.63) is 69.8 Å². The minimum atomic E-state index is -4.60. The molecule has 0 radical (unpaired) electrons. The third kappa shape index (κ3) is 3.76. The number of rotatable bonds is 4. The molecule has 9 heteroatoms. The second-order valence-electron chi connectivity index (χ2n) is 4.40. The third-order valence-electron chi connectivity index (χ3n) is 2.89. The van der Waals surface area contributed by atoms with E-state index in [4.69, 9.17) is 0 Å². The van der Waals surface area contributed by atoms with Crippen LogP contribution in [0.2, 0.25) is 0 Å². The van der Waals surface area contributed by atoms with Gasteiger partial charge in [-0.25, -0.2) is 0 Å². The highest BCUT2D eigenvalue weighted by molar-refractivity contribution is 5.98. The molecule has 0 aliphatic carbocycles. The van der Waals surface area contributed by atoms with Crippen LogP contribution in [-0.2, 0) is 6.18 Å². The lowest BCUT2D eigenvalue weighted by molar-refractivity contribution is -0.385. The van der Waals surface area contributed by atoms with Crippen molar-refractivity contribution in [2.75, 3.05) is 5.43 Å². The molecule has 2 aromatic carbocycles. The van der Waals surface area contributed by atoms with Crippen LogP contribution in [0.25, 0.3) is 0 Å². The number of nitro benzene ring substituents is 1. The summed E-state index contributed by atoms with van der Waals surface area (Å²) in [5.41, 5.74) is 2.12. The van der Waals surface area contributed by atoms with Crippen molar-refractivity contribution < 1.29 is 22.9 Å². The van der Waals surface area contributed by atoms with Crippen LogP contribution in [0.3, 0.4) is 0 Å². The number of halogens is 3. The summed E-state index contributed by atoms with van der Waals surface area (Å²) in [4.78, 5) is 22.0. The summed E-state index contributed by atoms with van der Waals surface area (Å²) in [6.07, 6.45) is -4.60. The SMILES string of the molecule is O=C(NNc1ccccc1C(F)(F)F)c1ccccc1[N+](=O)[O-]. The fourth-order valence-corrected chi connectivity index (χ4v) is 1.86. The van der Waals surface area contributed by atoms with Crippen molar-refractivity contribution >= 4 is 17.3 Å². The molecule has 0 bridgehead atoms. The monoisotopic (exact) mass is 325 g/mol. The van der Waals surface area contributed by atoms with Gasteiger partial charge in [0.2, 0.25) is 0 Å². The van der Waals surface area contributed by atoms with Gasteiger partial charge in [-0.1, -0.05) is 24.3 Å². The molecule has 2 N–H and O–H groups in total. The number of nitrogens with zero attached hydrogens (tertiary/aromatic N) is 1. The Morgan fingerprint density at radius 2 is 1.65 bits per heavy atom. The van der Waals surface area contributed by atoms with E-state index in [1.54, 1.807) is 0 Å². The molecule has 0 atom stereocenters. The number of benzene rings is 2. The molecule has 1 amide bonds. The molecular weight excluding hydrogens is 315 g/mol. The van der Waals surface area contributed by atoms with Gasteiger partial charge in [-0.3, -0.25) is 25.8 Å². The zero-order chi connectivity index (χ0) is 17.0. The number of nitrogens with one attached hydrogen (secondary N) is 2. The third-order valence-corrected chi connectivity index (χ3v) is 2.89. The van der Waals surface area contributed by atoms with E-state index < -0.39 is 28.3 Å². The molecule has 0 saturated heterocycles. The van der Waals surface area contributed by atoms with Gasteiger partial charge in [0.1, 0.15) is 5.56 Å². The smallest absolute Gasteiger partial charge is 0.298 e. The first kappa shape index (κ1) is 16.3. The highest BCUT2D eigenvalue weighted by Crippen LogP contribution is 2.34. The van der Waals surface area contributed by atoms with E-state index in [0.29, 0.717) is 0 Å². The maximum Gasteiger partial charge on any atom is 0.418 e. The summed E-state index contributed by atoms with van der Waals surface area (Å²) >= 11 is 0. The van der Waals surface area contributed by atoms with Crippen LogP contribution in [0.1, 0.15) is 15.9 Å². The van der Waals surface area contributed by atoms with Crippen LogP contribution in [-0.4, -0.2) is 10.8 Å². The van der Waals surface area contributed by atoms with E-state index >= 15 is 0 Å². The van der Waals surface area contributed by atoms with Crippen LogP contribution >= 0.6 is 0 Å². The Morgan fingerprint density at radius 3 is 2.30 bits per heavy atom. The molecule has 0 unspecified atom stereocenters. The topological polar surface area (TPSA) is 84.3 Å². The molecule has 0 aliphatic rings. The average molecular weight is 325 g/mol. The van der Waals surface area contributed by atoms with Gasteiger partial charge in [0.25, 0.3) is 11.6 Å². The summed E-state index contributed by atoms with van der Waals surface area (Å²) in [5, 5.41) is 10.8. The van der Waals surface area contributed by atoms with Crippen molar-refractivity contribution in [2.45, 2.75) is 6.18 Å². The van der Waals surface area contributed by atoms with Gasteiger partial charge >= 0.3 is 6.18 Å². The Labute approximate surface area is 128 Å². The first-order valence-corrected chi connectivity index (χ1v) is 6.26. The second kappa shape index (κ2) is 6.34. The Hall–Kier alpha value is -3.10. The zero-order valence-electron chi connectivity index (χ0n) is 11.4. The summed E-state index contributed by atoms with van der Waals surface area (Å²) in [7, 11) is 0. The number of anilines is 1. The van der Waals surface area contributed by atoms with Crippen molar-refractivity contribution in [3.63, 3.8) is 0 Å². The van der Waals surface area contributed by atoms with E-state index in [1.165, 1.54) is 30.3 Å². The highest BCUT2D eigenvalue weighted by Gasteiger charge is 2.33. The van der Waals surface area contributed by atoms with E-state index in [0.717, 1.165) is 18.2 Å². The van der Waals surface area contributed by atoms with Gasteiger partial charge in [0.05, 0.1) is 16.2 Å². The number of hydrazine groups is 1. The Morgan fingerprint density at radius 1 is 1.04 bits per heavy atom. The molecule has 120 valence electrons. The quantitative estimate of drug-likeness (QED) is 0.667. The summed E-state index contributed by atoms with van der Waals surface area (Å²) < 4.78 is 38.5. The predicted octanol–water partition coefficient (Wildman–Crippen LogP) is 3.37. The summed E-state index contributed by atoms with van der Waals surface area (Å²) in [6.45, 7) is 0. The molecule has 0 fully saturated rings. The molecule has 2 rings (SSSR count). The van der Waals surface area contributed by atoms with Crippen molar-refractivity contribution in [2.24, 2.45) is 0 Å². The number of alkyl halides is 3. The number of carbonyl (C=O) groups is 1. The number of para-hydroxylation sites is 2. The largest absolute Gasteiger partial charge is 0.418 e. The summed E-state index contributed by atoms with van der Waals surface area (Å²) in [5.74, 6) is -0.922. The number of nitro groups is 1. The molecule has 0 aliphatic heterocycles. The molecule has 6 nitrogen and oxygen atoms in total. The molecule has 0 saturated carbocycles. The van der Waals surface area contributed by atoms with Gasteiger partial charge in [-0.05, 0) is 18.2 Å². The van der Waals surface area contributed by atoms with E-state index in [2.05, 4.69) is 5.43 Å². The van der Waals surface area contributed by atoms with Gasteiger partial charge in [-0.2, -0.15) is 13.2 Å². The van der Waals surface area contributed by atoms with Crippen molar-refractivity contribution in [1.82, 2.24) is 5.43 Å². The Balaban J connectivity index is 2.20. The van der Waals surface area contributed by atoms with Gasteiger partial charge in [-0.15, -0.1) is 0 Å². The predicted molar refractivity (Wildman–Crippen MR) is 75.6 cm³/mol. The van der Waals surface area contributed by atoms with Gasteiger partial charge in [0.15, 0.2) is 0 Å². The maximum absolute atomic E-state index is 12.8. The number of hydrogen-bond acceptors (Lipinski definition) is 4. The van der Waals surface area contributed by atoms with Crippen molar-refractivity contribution in [3.8, 4) is 0 Å². The first-order valence-electron chi connectivity index (χ1n) is 6.26. The molecule has 0 heterocycles. The normalized spacial score (nSPS) is 10.9. The maximum atomic E-state index is 12.8. The van der Waals surface area contributed by atoms with Crippen LogP contribution in [0.5, 0.6) is 0 Å². The zero-order valence-corrected chi connectivity index (χ0v) is 11.4. The van der Waals surface area contributed by atoms with Crippen LogP contribution < -0.4 is 10.9 Å². The Bertz CT molecular complexity index is 747. The second-order valence-corrected chi connectivity index (χ2v) is 4.40. The number of amides is 1. The fourth-order valence-electron chi connectivity index (χ4n) is 1.86. The van der Waals surface area contributed by atoms with E-state index in [1.807, 2.05) is 5.43 Å². The van der Waals surface area contributed by atoms with Crippen molar-refractivity contribution in [1.29, 1.82) is 0 Å². The van der Waals surface area contributed by atoms with Crippen LogP contribution in [0.4, 0.5) is 24.5 Å². The van der Waals surface area contributed by atoms with Crippen LogP contribution in [0.15, 0.2) is 48.5 Å². The van der Waals surface area contributed by atoms with E-state index in [9.17, 15) is 28.1 Å². The molecule has 2 aromatic rings. The lowest BCUT2D eigenvalue weighted by Crippen LogP contribution is -2.31. The summed E-state index contributed by atoms with van der Waals surface area (Å²) in [6, 6.07) is 9.64. The van der Waals surface area contributed by atoms with Gasteiger partial charge < -0.3 is 0 Å². The lowest BCUT2D eigenvalue weighted by atomic mass is 10.1. The highest BCUT2D eigenvalue weighted by atomic mass is 19.4. The Kier molecular flexibility index (Phi) is 4.49. The molecular formula is C14H10F3N3O3.